The monoisotopic (exact) mass is 332 g/mol. The van der Waals surface area contributed by atoms with Crippen LogP contribution in [0.3, 0.4) is 0 Å². The van der Waals surface area contributed by atoms with E-state index in [0.717, 1.165) is 22.6 Å². The molecule has 0 aliphatic carbocycles. The van der Waals surface area contributed by atoms with Crippen molar-refractivity contribution in [3.8, 4) is 5.75 Å². The zero-order valence-corrected chi connectivity index (χ0v) is 14.4. The second kappa shape index (κ2) is 6.68. The maximum absolute atomic E-state index is 12.6. The van der Waals surface area contributed by atoms with Crippen molar-refractivity contribution in [2.45, 2.75) is 26.8 Å². The Kier molecular flexibility index (Phi) is 4.63. The van der Waals surface area contributed by atoms with Gasteiger partial charge in [0, 0.05) is 30.6 Å². The lowest BCUT2D eigenvalue weighted by atomic mass is 10.1. The van der Waals surface area contributed by atoms with Gasteiger partial charge in [-0.2, -0.15) is 4.99 Å². The lowest BCUT2D eigenvalue weighted by Gasteiger charge is -2.06. The molecule has 0 unspecified atom stereocenters. The molecule has 0 saturated heterocycles. The van der Waals surface area contributed by atoms with Crippen LogP contribution in [0.15, 0.2) is 23.2 Å². The molecule has 5 nitrogen and oxygen atoms in total. The number of aryl methyl sites for hydroxylation is 1. The highest BCUT2D eigenvalue weighted by Gasteiger charge is 2.20. The molecule has 0 fully saturated rings. The van der Waals surface area contributed by atoms with E-state index in [9.17, 15) is 4.79 Å². The highest BCUT2D eigenvalue weighted by atomic mass is 32.1. The summed E-state index contributed by atoms with van der Waals surface area (Å²) in [6, 6.07) is 5.67. The van der Waals surface area contributed by atoms with E-state index in [2.05, 4.69) is 4.99 Å². The highest BCUT2D eigenvalue weighted by molar-refractivity contribution is 7.09. The Labute approximate surface area is 139 Å². The van der Waals surface area contributed by atoms with Crippen molar-refractivity contribution >= 4 is 17.2 Å². The van der Waals surface area contributed by atoms with Crippen LogP contribution >= 0.6 is 11.3 Å². The average molecular weight is 332 g/mol. The molecule has 0 bridgehead atoms. The van der Waals surface area contributed by atoms with Crippen molar-refractivity contribution in [3.63, 3.8) is 0 Å². The van der Waals surface area contributed by atoms with E-state index in [0.29, 0.717) is 35.9 Å². The number of fused-ring (bicyclic) bond motifs is 1. The van der Waals surface area contributed by atoms with Gasteiger partial charge in [0.1, 0.15) is 5.75 Å². The molecule has 2 aromatic rings. The molecule has 0 atom stereocenters. The number of rotatable bonds is 4. The maximum Gasteiger partial charge on any atom is 0.283 e. The Morgan fingerprint density at radius 3 is 3.04 bits per heavy atom. The van der Waals surface area contributed by atoms with Crippen LogP contribution in [-0.4, -0.2) is 30.8 Å². The van der Waals surface area contributed by atoms with Gasteiger partial charge in [0.05, 0.1) is 18.8 Å². The quantitative estimate of drug-likeness (QED) is 0.864. The Balaban J connectivity index is 2.00. The van der Waals surface area contributed by atoms with E-state index in [1.54, 1.807) is 13.2 Å². The van der Waals surface area contributed by atoms with E-state index in [1.807, 2.05) is 30.5 Å². The van der Waals surface area contributed by atoms with Crippen LogP contribution in [0.5, 0.6) is 5.75 Å². The molecule has 0 N–H and O–H groups in total. The molecule has 0 saturated carbocycles. The predicted molar refractivity (Wildman–Crippen MR) is 89.2 cm³/mol. The number of para-hydroxylation sites is 1. The van der Waals surface area contributed by atoms with Crippen LogP contribution in [0.2, 0.25) is 0 Å². The van der Waals surface area contributed by atoms with Gasteiger partial charge in [-0.25, -0.2) is 0 Å². The van der Waals surface area contributed by atoms with Crippen molar-refractivity contribution in [2.24, 2.45) is 4.99 Å². The van der Waals surface area contributed by atoms with Crippen LogP contribution < -0.4 is 9.54 Å². The minimum Gasteiger partial charge on any atom is -0.492 e. The minimum absolute atomic E-state index is 0.254. The Morgan fingerprint density at radius 2 is 2.26 bits per heavy atom. The topological polar surface area (TPSA) is 52.8 Å². The summed E-state index contributed by atoms with van der Waals surface area (Å²) in [5.41, 5.74) is 2.74. The van der Waals surface area contributed by atoms with Crippen LogP contribution in [0.25, 0.3) is 0 Å². The standard InChI is InChI=1S/C17H20N2O3S/c1-11-12(2)23-17(19(11)8-10-21-3)18-16(20)14-6-4-5-13-7-9-22-15(13)14/h4-6H,7-10H2,1-3H3. The van der Waals surface area contributed by atoms with E-state index in [4.69, 9.17) is 9.47 Å². The second-order valence-corrected chi connectivity index (χ2v) is 6.66. The molecule has 3 rings (SSSR count). The number of hydrogen-bond acceptors (Lipinski definition) is 4. The fourth-order valence-electron chi connectivity index (χ4n) is 2.66. The fraction of sp³-hybridized carbons (Fsp3) is 0.412. The molecule has 1 amide bonds. The molecular formula is C17H20N2O3S. The molecule has 122 valence electrons. The molecular weight excluding hydrogens is 312 g/mol. The summed E-state index contributed by atoms with van der Waals surface area (Å²) in [4.78, 5) is 18.8. The lowest BCUT2D eigenvalue weighted by molar-refractivity contribution is 0.0994. The third-order valence-electron chi connectivity index (χ3n) is 4.05. The Bertz CT molecular complexity index is 805. The number of hydrogen-bond donors (Lipinski definition) is 0. The average Bonchev–Trinajstić information content (AvgIpc) is 3.11. The van der Waals surface area contributed by atoms with Gasteiger partial charge in [-0.3, -0.25) is 4.79 Å². The summed E-state index contributed by atoms with van der Waals surface area (Å²) in [7, 11) is 1.67. The van der Waals surface area contributed by atoms with Crippen molar-refractivity contribution in [3.05, 3.63) is 44.7 Å². The van der Waals surface area contributed by atoms with Gasteiger partial charge in [0.15, 0.2) is 4.80 Å². The smallest absolute Gasteiger partial charge is 0.283 e. The van der Waals surface area contributed by atoms with Gasteiger partial charge in [-0.15, -0.1) is 11.3 Å². The van der Waals surface area contributed by atoms with Crippen molar-refractivity contribution in [1.29, 1.82) is 0 Å². The molecule has 1 aromatic heterocycles. The molecule has 2 heterocycles. The second-order valence-electron chi connectivity index (χ2n) is 5.48. The Morgan fingerprint density at radius 1 is 1.43 bits per heavy atom. The molecule has 0 spiro atoms. The third-order valence-corrected chi connectivity index (χ3v) is 5.15. The number of nitrogens with zero attached hydrogens (tertiary/aromatic N) is 2. The molecule has 1 aliphatic rings. The normalized spacial score (nSPS) is 14.0. The first kappa shape index (κ1) is 16.0. The molecule has 1 aromatic carbocycles. The summed E-state index contributed by atoms with van der Waals surface area (Å²) in [5, 5.41) is 0. The summed E-state index contributed by atoms with van der Waals surface area (Å²) in [6.07, 6.45) is 0.849. The van der Waals surface area contributed by atoms with Crippen LogP contribution in [0, 0.1) is 13.8 Å². The van der Waals surface area contributed by atoms with Gasteiger partial charge in [0.25, 0.3) is 5.91 Å². The van der Waals surface area contributed by atoms with E-state index in [-0.39, 0.29) is 5.91 Å². The van der Waals surface area contributed by atoms with Crippen LogP contribution in [-0.2, 0) is 17.7 Å². The van der Waals surface area contributed by atoms with E-state index < -0.39 is 0 Å². The van der Waals surface area contributed by atoms with Crippen molar-refractivity contribution in [1.82, 2.24) is 4.57 Å². The fourth-order valence-corrected chi connectivity index (χ4v) is 3.66. The first-order valence-electron chi connectivity index (χ1n) is 7.61. The summed E-state index contributed by atoms with van der Waals surface area (Å²) >= 11 is 1.53. The summed E-state index contributed by atoms with van der Waals surface area (Å²) < 4.78 is 12.8. The number of carbonyl (C=O) groups is 1. The van der Waals surface area contributed by atoms with E-state index in [1.165, 1.54) is 11.3 Å². The SMILES string of the molecule is COCCn1c(C)c(C)sc1=NC(=O)c1cccc2c1OCC2. The van der Waals surface area contributed by atoms with Gasteiger partial charge < -0.3 is 14.0 Å². The van der Waals surface area contributed by atoms with Gasteiger partial charge in [-0.05, 0) is 25.5 Å². The number of benzene rings is 1. The van der Waals surface area contributed by atoms with Crippen LogP contribution in [0.4, 0.5) is 0 Å². The first-order valence-corrected chi connectivity index (χ1v) is 8.43. The first-order chi connectivity index (χ1) is 11.1. The largest absolute Gasteiger partial charge is 0.492 e. The highest BCUT2D eigenvalue weighted by Crippen LogP contribution is 2.29. The Hall–Kier alpha value is -1.92. The van der Waals surface area contributed by atoms with Crippen molar-refractivity contribution < 1.29 is 14.3 Å². The zero-order valence-electron chi connectivity index (χ0n) is 13.6. The number of amides is 1. The van der Waals surface area contributed by atoms with Crippen molar-refractivity contribution in [2.75, 3.05) is 20.3 Å². The number of carbonyl (C=O) groups excluding carboxylic acids is 1. The minimum atomic E-state index is -0.254. The van der Waals surface area contributed by atoms with Gasteiger partial charge in [0.2, 0.25) is 0 Å². The number of ether oxygens (including phenoxy) is 2. The predicted octanol–water partition coefficient (Wildman–Crippen LogP) is 2.49. The molecule has 6 heteroatoms. The third kappa shape index (κ3) is 3.09. The maximum atomic E-state index is 12.6. The van der Waals surface area contributed by atoms with Crippen LogP contribution in [0.1, 0.15) is 26.5 Å². The lowest BCUT2D eigenvalue weighted by Crippen LogP contribution is -2.20. The van der Waals surface area contributed by atoms with E-state index >= 15 is 0 Å². The number of methoxy groups -OCH3 is 1. The molecule has 23 heavy (non-hydrogen) atoms. The summed E-state index contributed by atoms with van der Waals surface area (Å²) in [6.45, 7) is 5.97. The number of aromatic nitrogens is 1. The van der Waals surface area contributed by atoms with Gasteiger partial charge >= 0.3 is 0 Å². The number of thiazole rings is 1. The zero-order chi connectivity index (χ0) is 16.4. The molecule has 0 radical (unpaired) electrons. The summed E-state index contributed by atoms with van der Waals surface area (Å²) in [5.74, 6) is 0.436. The molecule has 1 aliphatic heterocycles. The van der Waals surface area contributed by atoms with Gasteiger partial charge in [-0.1, -0.05) is 12.1 Å².